The van der Waals surface area contributed by atoms with Crippen molar-refractivity contribution in [2.75, 3.05) is 6.61 Å². The maximum absolute atomic E-state index is 6.39. The molecular weight excluding hydrogens is 281 g/mol. The van der Waals surface area contributed by atoms with E-state index in [1.807, 2.05) is 13.0 Å². The number of fused-ring (bicyclic) bond motifs is 1. The number of hydrogen-bond donors (Lipinski definition) is 1. The lowest BCUT2D eigenvalue weighted by molar-refractivity contribution is 0.340. The summed E-state index contributed by atoms with van der Waals surface area (Å²) in [4.78, 5) is 0. The van der Waals surface area contributed by atoms with Crippen LogP contribution in [0.4, 0.5) is 0 Å². The predicted octanol–water partition coefficient (Wildman–Crippen LogP) is 4.44. The smallest absolute Gasteiger partial charge is 0.139 e. The molecule has 1 aromatic carbocycles. The molecule has 0 spiro atoms. The zero-order chi connectivity index (χ0) is 13.6. The summed E-state index contributed by atoms with van der Waals surface area (Å²) >= 11 is 12.6. The highest BCUT2D eigenvalue weighted by Crippen LogP contribution is 2.57. The van der Waals surface area contributed by atoms with Gasteiger partial charge in [0.2, 0.25) is 0 Å². The summed E-state index contributed by atoms with van der Waals surface area (Å²) in [5.74, 6) is 3.04. The molecule has 2 saturated carbocycles. The van der Waals surface area contributed by atoms with Crippen molar-refractivity contribution in [1.82, 2.24) is 0 Å². The minimum absolute atomic E-state index is 0.00604. The highest BCUT2D eigenvalue weighted by atomic mass is 35.5. The van der Waals surface area contributed by atoms with E-state index in [0.717, 1.165) is 17.4 Å². The van der Waals surface area contributed by atoms with E-state index in [2.05, 4.69) is 0 Å². The van der Waals surface area contributed by atoms with Gasteiger partial charge in [-0.3, -0.25) is 0 Å². The maximum Gasteiger partial charge on any atom is 0.139 e. The first kappa shape index (κ1) is 13.5. The van der Waals surface area contributed by atoms with Crippen LogP contribution in [0.3, 0.4) is 0 Å². The van der Waals surface area contributed by atoms with E-state index >= 15 is 0 Å². The Hall–Kier alpha value is -0.440. The number of hydrogen-bond acceptors (Lipinski definition) is 2. The van der Waals surface area contributed by atoms with Crippen molar-refractivity contribution >= 4 is 23.2 Å². The van der Waals surface area contributed by atoms with Crippen LogP contribution in [0, 0.1) is 17.8 Å². The van der Waals surface area contributed by atoms with Gasteiger partial charge in [-0.1, -0.05) is 23.2 Å². The summed E-state index contributed by atoms with van der Waals surface area (Å²) in [5.41, 5.74) is 7.35. The molecule has 0 aliphatic heterocycles. The first-order valence-corrected chi connectivity index (χ1v) is 7.73. The number of nitrogens with two attached hydrogens (primary N) is 1. The fourth-order valence-corrected chi connectivity index (χ4v) is 3.88. The van der Waals surface area contributed by atoms with Gasteiger partial charge in [0.1, 0.15) is 5.75 Å². The van der Waals surface area contributed by atoms with E-state index in [-0.39, 0.29) is 6.04 Å². The second-order valence-corrected chi connectivity index (χ2v) is 6.56. The van der Waals surface area contributed by atoms with Gasteiger partial charge in [0, 0.05) is 17.1 Å². The lowest BCUT2D eigenvalue weighted by atomic mass is 9.90. The van der Waals surface area contributed by atoms with Crippen molar-refractivity contribution in [2.45, 2.75) is 32.2 Å². The minimum atomic E-state index is -0.00604. The minimum Gasteiger partial charge on any atom is -0.492 e. The molecule has 3 rings (SSSR count). The van der Waals surface area contributed by atoms with Crippen molar-refractivity contribution in [2.24, 2.45) is 23.5 Å². The fourth-order valence-electron chi connectivity index (χ4n) is 3.37. The molecule has 2 aliphatic rings. The molecule has 3 atom stereocenters. The zero-order valence-electron chi connectivity index (χ0n) is 11.0. The predicted molar refractivity (Wildman–Crippen MR) is 78.9 cm³/mol. The Morgan fingerprint density at radius 3 is 2.53 bits per heavy atom. The lowest BCUT2D eigenvalue weighted by Crippen LogP contribution is -2.20. The van der Waals surface area contributed by atoms with Crippen LogP contribution >= 0.6 is 23.2 Å². The van der Waals surface area contributed by atoms with Crippen LogP contribution in [0.2, 0.25) is 10.0 Å². The number of halogens is 2. The fraction of sp³-hybridized carbons (Fsp3) is 0.600. The molecule has 104 valence electrons. The summed E-state index contributed by atoms with van der Waals surface area (Å²) in [6.07, 6.45) is 3.89. The highest BCUT2D eigenvalue weighted by Gasteiger charge is 2.47. The topological polar surface area (TPSA) is 35.2 Å². The molecular formula is C15H19Cl2NO. The molecule has 2 fully saturated rings. The van der Waals surface area contributed by atoms with Gasteiger partial charge >= 0.3 is 0 Å². The molecule has 0 heterocycles. The third-order valence-electron chi connectivity index (χ3n) is 4.50. The van der Waals surface area contributed by atoms with E-state index in [4.69, 9.17) is 33.7 Å². The molecule has 19 heavy (non-hydrogen) atoms. The summed E-state index contributed by atoms with van der Waals surface area (Å²) in [6.45, 7) is 2.50. The van der Waals surface area contributed by atoms with Crippen LogP contribution in [0.25, 0.3) is 0 Å². The van der Waals surface area contributed by atoms with Crippen molar-refractivity contribution in [3.63, 3.8) is 0 Å². The average molecular weight is 300 g/mol. The van der Waals surface area contributed by atoms with Crippen molar-refractivity contribution in [3.8, 4) is 5.75 Å². The zero-order valence-corrected chi connectivity index (χ0v) is 12.5. The molecule has 0 aromatic heterocycles. The van der Waals surface area contributed by atoms with Gasteiger partial charge in [-0.15, -0.1) is 0 Å². The third kappa shape index (κ3) is 2.58. The van der Waals surface area contributed by atoms with E-state index < -0.39 is 0 Å². The molecule has 2 aliphatic carbocycles. The van der Waals surface area contributed by atoms with Crippen molar-refractivity contribution in [1.29, 1.82) is 0 Å². The second kappa shape index (κ2) is 5.16. The Balaban J connectivity index is 1.81. The summed E-state index contributed by atoms with van der Waals surface area (Å²) in [7, 11) is 0. The Kier molecular flexibility index (Phi) is 3.67. The van der Waals surface area contributed by atoms with Crippen LogP contribution in [0.15, 0.2) is 12.1 Å². The third-order valence-corrected chi connectivity index (χ3v) is 5.12. The van der Waals surface area contributed by atoms with Gasteiger partial charge < -0.3 is 10.5 Å². The SMILES string of the molecule is CCOc1cc(Cl)c(C(N)C2CC3CC3C2)cc1Cl. The number of ether oxygens (including phenoxy) is 1. The Labute approximate surface area is 124 Å². The number of rotatable bonds is 4. The van der Waals surface area contributed by atoms with Crippen LogP contribution < -0.4 is 10.5 Å². The average Bonchev–Trinajstić information content (AvgIpc) is 3.00. The molecule has 0 saturated heterocycles. The Morgan fingerprint density at radius 1 is 1.21 bits per heavy atom. The molecule has 2 N–H and O–H groups in total. The van der Waals surface area contributed by atoms with Gasteiger partial charge in [-0.05, 0) is 55.6 Å². The van der Waals surface area contributed by atoms with E-state index in [9.17, 15) is 0 Å². The van der Waals surface area contributed by atoms with E-state index in [1.165, 1.54) is 19.3 Å². The molecule has 1 aromatic rings. The molecule has 2 nitrogen and oxygen atoms in total. The van der Waals surface area contributed by atoms with Crippen LogP contribution in [0.5, 0.6) is 5.75 Å². The largest absolute Gasteiger partial charge is 0.492 e. The first-order chi connectivity index (χ1) is 9.10. The second-order valence-electron chi connectivity index (χ2n) is 5.75. The van der Waals surface area contributed by atoms with Gasteiger partial charge in [0.25, 0.3) is 0 Å². The standard InChI is InChI=1S/C15H19Cl2NO/c1-2-19-14-7-12(16)11(6-13(14)17)15(18)10-4-8-3-9(8)5-10/h6-10,15H,2-5,18H2,1H3. The Morgan fingerprint density at radius 2 is 1.89 bits per heavy atom. The summed E-state index contributed by atoms with van der Waals surface area (Å²) in [5, 5.41) is 1.26. The molecule has 0 amide bonds. The molecule has 4 heteroatoms. The van der Waals surface area contributed by atoms with Crippen molar-refractivity contribution in [3.05, 3.63) is 27.7 Å². The quantitative estimate of drug-likeness (QED) is 0.892. The summed E-state index contributed by atoms with van der Waals surface area (Å²) in [6, 6.07) is 3.66. The molecule has 0 bridgehead atoms. The van der Waals surface area contributed by atoms with Gasteiger partial charge in [0.05, 0.1) is 11.6 Å². The van der Waals surface area contributed by atoms with Gasteiger partial charge in [0.15, 0.2) is 0 Å². The maximum atomic E-state index is 6.39. The number of benzene rings is 1. The molecule has 3 unspecified atom stereocenters. The monoisotopic (exact) mass is 299 g/mol. The van der Waals surface area contributed by atoms with Crippen molar-refractivity contribution < 1.29 is 4.74 Å². The van der Waals surface area contributed by atoms with Crippen LogP contribution in [-0.4, -0.2) is 6.61 Å². The van der Waals surface area contributed by atoms with Gasteiger partial charge in [-0.2, -0.15) is 0 Å². The normalized spacial score (nSPS) is 30.0. The first-order valence-electron chi connectivity index (χ1n) is 6.97. The molecule has 0 radical (unpaired) electrons. The van der Waals surface area contributed by atoms with Gasteiger partial charge in [-0.25, -0.2) is 0 Å². The Bertz CT molecular complexity index is 481. The van der Waals surface area contributed by atoms with E-state index in [1.54, 1.807) is 6.07 Å². The van der Waals surface area contributed by atoms with Crippen LogP contribution in [-0.2, 0) is 0 Å². The van der Waals surface area contributed by atoms with Crippen LogP contribution in [0.1, 0.15) is 37.8 Å². The lowest BCUT2D eigenvalue weighted by Gasteiger charge is -2.23. The van der Waals surface area contributed by atoms with E-state index in [0.29, 0.717) is 28.3 Å². The summed E-state index contributed by atoms with van der Waals surface area (Å²) < 4.78 is 5.44. The highest BCUT2D eigenvalue weighted by molar-refractivity contribution is 6.34.